The Balaban J connectivity index is 2.77. The lowest BCUT2D eigenvalue weighted by Crippen LogP contribution is -2.23. The van der Waals surface area contributed by atoms with Gasteiger partial charge in [0.1, 0.15) is 6.07 Å². The van der Waals surface area contributed by atoms with Crippen LogP contribution in [0.25, 0.3) is 0 Å². The predicted molar refractivity (Wildman–Crippen MR) is 65.9 cm³/mol. The molecule has 0 saturated carbocycles. The first-order chi connectivity index (χ1) is 7.69. The number of halogens is 1. The summed E-state index contributed by atoms with van der Waals surface area (Å²) in [7, 11) is 1.92. The van der Waals surface area contributed by atoms with Gasteiger partial charge in [0.25, 0.3) is 0 Å². The molecule has 0 aliphatic heterocycles. The van der Waals surface area contributed by atoms with Crippen LogP contribution in [0.1, 0.15) is 12.5 Å². The normalized spacial score (nSPS) is 9.88. The largest absolute Gasteiger partial charge is 0.380 e. The Labute approximate surface area is 101 Å². The van der Waals surface area contributed by atoms with Gasteiger partial charge < -0.3 is 9.64 Å². The number of benzene rings is 1. The minimum absolute atomic E-state index is 0.628. The van der Waals surface area contributed by atoms with Crippen molar-refractivity contribution in [3.8, 4) is 6.07 Å². The van der Waals surface area contributed by atoms with Crippen LogP contribution in [0.15, 0.2) is 18.2 Å². The Morgan fingerprint density at radius 1 is 1.50 bits per heavy atom. The summed E-state index contributed by atoms with van der Waals surface area (Å²) in [6, 6.07) is 7.40. The van der Waals surface area contributed by atoms with E-state index in [-0.39, 0.29) is 0 Å². The fraction of sp³-hybridized carbons (Fsp3) is 0.417. The molecular formula is C12H15ClN2O. The summed E-state index contributed by atoms with van der Waals surface area (Å²) in [5.41, 5.74) is 1.47. The predicted octanol–water partition coefficient (Wildman–Crippen LogP) is 2.68. The van der Waals surface area contributed by atoms with E-state index in [9.17, 15) is 0 Å². The van der Waals surface area contributed by atoms with E-state index in [1.807, 2.05) is 18.9 Å². The molecule has 0 radical (unpaired) electrons. The summed E-state index contributed by atoms with van der Waals surface area (Å²) in [6.45, 7) is 4.04. The van der Waals surface area contributed by atoms with E-state index in [1.165, 1.54) is 0 Å². The second-order valence-electron chi connectivity index (χ2n) is 3.39. The highest BCUT2D eigenvalue weighted by molar-refractivity contribution is 6.30. The van der Waals surface area contributed by atoms with Gasteiger partial charge in [-0.3, -0.25) is 0 Å². The van der Waals surface area contributed by atoms with Crippen LogP contribution in [0.3, 0.4) is 0 Å². The summed E-state index contributed by atoms with van der Waals surface area (Å²) in [5.74, 6) is 0. The van der Waals surface area contributed by atoms with E-state index >= 15 is 0 Å². The maximum Gasteiger partial charge on any atom is 0.101 e. The Morgan fingerprint density at radius 3 is 2.88 bits per heavy atom. The smallest absolute Gasteiger partial charge is 0.101 e. The molecule has 0 aliphatic rings. The van der Waals surface area contributed by atoms with Crippen molar-refractivity contribution >= 4 is 17.3 Å². The van der Waals surface area contributed by atoms with Gasteiger partial charge in [-0.25, -0.2) is 0 Å². The molecule has 3 nitrogen and oxygen atoms in total. The fourth-order valence-corrected chi connectivity index (χ4v) is 1.55. The Morgan fingerprint density at radius 2 is 2.25 bits per heavy atom. The third kappa shape index (κ3) is 3.41. The standard InChI is InChI=1S/C12H15ClN2O/c1-3-16-7-6-15(2)12-8-11(13)5-4-10(12)9-14/h4-5,8H,3,6-7H2,1-2H3. The molecule has 86 valence electrons. The van der Waals surface area contributed by atoms with Crippen molar-refractivity contribution in [1.29, 1.82) is 5.26 Å². The van der Waals surface area contributed by atoms with E-state index in [4.69, 9.17) is 21.6 Å². The molecule has 0 spiro atoms. The van der Waals surface area contributed by atoms with Crippen LogP contribution in [0.2, 0.25) is 5.02 Å². The molecule has 0 N–H and O–H groups in total. The fourth-order valence-electron chi connectivity index (χ4n) is 1.38. The zero-order valence-corrected chi connectivity index (χ0v) is 10.3. The number of hydrogen-bond donors (Lipinski definition) is 0. The molecule has 0 saturated heterocycles. The van der Waals surface area contributed by atoms with Gasteiger partial charge in [0, 0.05) is 25.2 Å². The Hall–Kier alpha value is -1.24. The molecule has 0 heterocycles. The molecule has 4 heteroatoms. The minimum Gasteiger partial charge on any atom is -0.380 e. The van der Waals surface area contributed by atoms with Crippen LogP contribution in [0.4, 0.5) is 5.69 Å². The van der Waals surface area contributed by atoms with Crippen LogP contribution >= 0.6 is 11.6 Å². The number of ether oxygens (including phenoxy) is 1. The van der Waals surface area contributed by atoms with Gasteiger partial charge in [0.05, 0.1) is 17.9 Å². The Kier molecular flexibility index (Phi) is 5.10. The van der Waals surface area contributed by atoms with Gasteiger partial charge >= 0.3 is 0 Å². The van der Waals surface area contributed by atoms with Crippen LogP contribution in [-0.2, 0) is 4.74 Å². The lowest BCUT2D eigenvalue weighted by Gasteiger charge is -2.20. The number of anilines is 1. The number of hydrogen-bond acceptors (Lipinski definition) is 3. The monoisotopic (exact) mass is 238 g/mol. The van der Waals surface area contributed by atoms with Crippen molar-refractivity contribution in [3.05, 3.63) is 28.8 Å². The third-order valence-electron chi connectivity index (χ3n) is 2.27. The molecule has 16 heavy (non-hydrogen) atoms. The summed E-state index contributed by atoms with van der Waals surface area (Å²) in [5, 5.41) is 9.62. The average molecular weight is 239 g/mol. The van der Waals surface area contributed by atoms with Crippen molar-refractivity contribution in [2.75, 3.05) is 31.7 Å². The number of nitrogens with zero attached hydrogens (tertiary/aromatic N) is 2. The molecule has 1 aromatic carbocycles. The second kappa shape index (κ2) is 6.37. The highest BCUT2D eigenvalue weighted by Crippen LogP contribution is 2.23. The zero-order chi connectivity index (χ0) is 12.0. The topological polar surface area (TPSA) is 36.3 Å². The second-order valence-corrected chi connectivity index (χ2v) is 3.83. The summed E-state index contributed by atoms with van der Waals surface area (Å²) >= 11 is 5.91. The van der Waals surface area contributed by atoms with Crippen LogP contribution in [-0.4, -0.2) is 26.8 Å². The van der Waals surface area contributed by atoms with E-state index in [0.29, 0.717) is 23.8 Å². The van der Waals surface area contributed by atoms with Gasteiger partial charge in [-0.2, -0.15) is 5.26 Å². The molecule has 1 rings (SSSR count). The SMILES string of the molecule is CCOCCN(C)c1cc(Cl)ccc1C#N. The number of nitriles is 1. The molecule has 0 atom stereocenters. The van der Waals surface area contributed by atoms with Gasteiger partial charge in [0.15, 0.2) is 0 Å². The van der Waals surface area contributed by atoms with E-state index in [1.54, 1.807) is 18.2 Å². The van der Waals surface area contributed by atoms with Crippen molar-refractivity contribution in [2.24, 2.45) is 0 Å². The molecule has 1 aromatic rings. The molecule has 0 fully saturated rings. The summed E-state index contributed by atoms with van der Waals surface area (Å²) < 4.78 is 5.27. The molecular weight excluding hydrogens is 224 g/mol. The third-order valence-corrected chi connectivity index (χ3v) is 2.50. The first-order valence-electron chi connectivity index (χ1n) is 5.17. The van der Waals surface area contributed by atoms with Crippen LogP contribution in [0, 0.1) is 11.3 Å². The van der Waals surface area contributed by atoms with Crippen molar-refractivity contribution in [2.45, 2.75) is 6.92 Å². The average Bonchev–Trinajstić information content (AvgIpc) is 2.29. The van der Waals surface area contributed by atoms with E-state index in [2.05, 4.69) is 6.07 Å². The number of likely N-dealkylation sites (N-methyl/N-ethyl adjacent to an activating group) is 1. The maximum absolute atomic E-state index is 8.98. The van der Waals surface area contributed by atoms with Crippen LogP contribution in [0.5, 0.6) is 0 Å². The molecule has 0 unspecified atom stereocenters. The van der Waals surface area contributed by atoms with Gasteiger partial charge in [-0.1, -0.05) is 11.6 Å². The number of rotatable bonds is 5. The molecule has 0 bridgehead atoms. The first kappa shape index (κ1) is 12.8. The van der Waals surface area contributed by atoms with Crippen LogP contribution < -0.4 is 4.90 Å². The lowest BCUT2D eigenvalue weighted by atomic mass is 10.2. The van der Waals surface area contributed by atoms with Gasteiger partial charge in [0.2, 0.25) is 0 Å². The quantitative estimate of drug-likeness (QED) is 0.740. The first-order valence-corrected chi connectivity index (χ1v) is 5.55. The Bertz CT molecular complexity index is 387. The van der Waals surface area contributed by atoms with Gasteiger partial charge in [-0.15, -0.1) is 0 Å². The molecule has 0 aromatic heterocycles. The van der Waals surface area contributed by atoms with Gasteiger partial charge in [-0.05, 0) is 25.1 Å². The van der Waals surface area contributed by atoms with E-state index in [0.717, 1.165) is 12.2 Å². The minimum atomic E-state index is 0.628. The molecule has 0 aliphatic carbocycles. The zero-order valence-electron chi connectivity index (χ0n) is 9.53. The lowest BCUT2D eigenvalue weighted by molar-refractivity contribution is 0.154. The maximum atomic E-state index is 8.98. The summed E-state index contributed by atoms with van der Waals surface area (Å²) in [4.78, 5) is 1.97. The van der Waals surface area contributed by atoms with E-state index < -0.39 is 0 Å². The molecule has 0 amide bonds. The van der Waals surface area contributed by atoms with Crippen molar-refractivity contribution in [3.63, 3.8) is 0 Å². The highest BCUT2D eigenvalue weighted by atomic mass is 35.5. The summed E-state index contributed by atoms with van der Waals surface area (Å²) in [6.07, 6.45) is 0. The van der Waals surface area contributed by atoms with Crippen molar-refractivity contribution < 1.29 is 4.74 Å². The highest BCUT2D eigenvalue weighted by Gasteiger charge is 2.07. The van der Waals surface area contributed by atoms with Crippen molar-refractivity contribution in [1.82, 2.24) is 0 Å².